The van der Waals surface area contributed by atoms with Gasteiger partial charge in [-0.15, -0.1) is 0 Å². The molecule has 0 spiro atoms. The van der Waals surface area contributed by atoms with Crippen LogP contribution in [0, 0.1) is 0 Å². The van der Waals surface area contributed by atoms with Gasteiger partial charge in [0.05, 0.1) is 30.2 Å². The van der Waals surface area contributed by atoms with Crippen LogP contribution >= 0.6 is 0 Å². The Bertz CT molecular complexity index is 864. The first-order valence-corrected chi connectivity index (χ1v) is 10.1. The third kappa shape index (κ3) is 3.52. The number of amides is 3. The average molecular weight is 379 g/mol. The second-order valence-corrected chi connectivity index (χ2v) is 8.56. The number of hydrogen-bond acceptors (Lipinski definition) is 5. The Morgan fingerprint density at radius 2 is 1.88 bits per heavy atom. The number of allylic oxidation sites excluding steroid dienone is 1. The molecule has 3 rings (SSSR count). The van der Waals surface area contributed by atoms with Crippen molar-refractivity contribution in [2.45, 2.75) is 13.0 Å². The first kappa shape index (κ1) is 18.2. The highest BCUT2D eigenvalue weighted by molar-refractivity contribution is 7.91. The van der Waals surface area contributed by atoms with E-state index in [-0.39, 0.29) is 30.5 Å². The fourth-order valence-corrected chi connectivity index (χ4v) is 4.40. The molecule has 1 aromatic carbocycles. The summed E-state index contributed by atoms with van der Waals surface area (Å²) in [7, 11) is -1.57. The predicted molar refractivity (Wildman–Crippen MR) is 95.3 cm³/mol. The smallest absolute Gasteiger partial charge is 0.319 e. The number of benzene rings is 1. The number of methoxy groups -OCH3 is 1. The van der Waals surface area contributed by atoms with Crippen LogP contribution in [0.1, 0.15) is 18.5 Å². The van der Waals surface area contributed by atoms with E-state index < -0.39 is 21.9 Å². The van der Waals surface area contributed by atoms with Gasteiger partial charge in [0.1, 0.15) is 5.75 Å². The Labute approximate surface area is 152 Å². The number of hydrogen-bond donors (Lipinski definition) is 2. The van der Waals surface area contributed by atoms with Crippen LogP contribution in [0.4, 0.5) is 4.79 Å². The Morgan fingerprint density at radius 1 is 1.23 bits per heavy atom. The molecule has 2 aliphatic heterocycles. The van der Waals surface area contributed by atoms with Gasteiger partial charge in [-0.2, -0.15) is 0 Å². The van der Waals surface area contributed by atoms with E-state index >= 15 is 0 Å². The van der Waals surface area contributed by atoms with Gasteiger partial charge in [0.2, 0.25) is 0 Å². The Morgan fingerprint density at radius 3 is 2.54 bits per heavy atom. The molecule has 3 amide bonds. The highest BCUT2D eigenvalue weighted by atomic mass is 32.2. The molecule has 0 saturated carbocycles. The van der Waals surface area contributed by atoms with E-state index in [4.69, 9.17) is 4.74 Å². The third-order valence-electron chi connectivity index (χ3n) is 4.58. The normalized spacial score (nSPS) is 22.5. The molecule has 2 N–H and O–H groups in total. The fraction of sp³-hybridized carbons (Fsp3) is 0.412. The first-order valence-electron chi connectivity index (χ1n) is 8.23. The zero-order valence-electron chi connectivity index (χ0n) is 14.6. The minimum Gasteiger partial charge on any atom is -0.496 e. The van der Waals surface area contributed by atoms with E-state index in [9.17, 15) is 18.0 Å². The quantitative estimate of drug-likeness (QED) is 0.799. The van der Waals surface area contributed by atoms with Crippen molar-refractivity contribution >= 4 is 21.8 Å². The van der Waals surface area contributed by atoms with Crippen LogP contribution < -0.4 is 15.4 Å². The molecule has 0 bridgehead atoms. The molecule has 0 aliphatic carbocycles. The number of para-hydroxylation sites is 1. The van der Waals surface area contributed by atoms with E-state index in [2.05, 4.69) is 10.6 Å². The highest BCUT2D eigenvalue weighted by Crippen LogP contribution is 2.33. The average Bonchev–Trinajstić information content (AvgIpc) is 2.60. The number of urea groups is 1. The van der Waals surface area contributed by atoms with Crippen molar-refractivity contribution in [1.29, 1.82) is 0 Å². The molecule has 0 unspecified atom stereocenters. The molecular weight excluding hydrogens is 358 g/mol. The number of carbonyl (C=O) groups is 2. The van der Waals surface area contributed by atoms with Crippen LogP contribution in [0.15, 0.2) is 35.5 Å². The summed E-state index contributed by atoms with van der Waals surface area (Å²) in [6, 6.07) is 6.07. The number of carbonyl (C=O) groups excluding carboxylic acids is 2. The lowest BCUT2D eigenvalue weighted by Crippen LogP contribution is -2.50. The summed E-state index contributed by atoms with van der Waals surface area (Å²) < 4.78 is 28.6. The van der Waals surface area contributed by atoms with Gasteiger partial charge in [0.25, 0.3) is 5.91 Å². The summed E-state index contributed by atoms with van der Waals surface area (Å²) in [5.74, 6) is 0.161. The predicted octanol–water partition coefficient (Wildman–Crippen LogP) is 0.580. The van der Waals surface area contributed by atoms with Crippen molar-refractivity contribution in [3.63, 3.8) is 0 Å². The van der Waals surface area contributed by atoms with Crippen molar-refractivity contribution in [3.05, 3.63) is 41.1 Å². The zero-order chi connectivity index (χ0) is 18.9. The van der Waals surface area contributed by atoms with E-state index in [1.807, 2.05) is 0 Å². The molecule has 1 saturated heterocycles. The Balaban J connectivity index is 1.97. The van der Waals surface area contributed by atoms with Gasteiger partial charge in [0, 0.05) is 24.4 Å². The molecule has 0 radical (unpaired) electrons. The third-order valence-corrected chi connectivity index (χ3v) is 6.19. The topological polar surface area (TPSA) is 105 Å². The number of rotatable bonds is 3. The second-order valence-electron chi connectivity index (χ2n) is 6.26. The van der Waals surface area contributed by atoms with Crippen LogP contribution in [0.5, 0.6) is 5.75 Å². The molecule has 8 nitrogen and oxygen atoms in total. The number of ether oxygens (including phenoxy) is 1. The lowest BCUT2D eigenvalue weighted by molar-refractivity contribution is -0.127. The number of nitrogens with zero attached hydrogens (tertiary/aromatic N) is 1. The lowest BCUT2D eigenvalue weighted by Gasteiger charge is -2.34. The molecule has 0 aromatic heterocycles. The highest BCUT2D eigenvalue weighted by Gasteiger charge is 2.36. The largest absolute Gasteiger partial charge is 0.496 e. The summed E-state index contributed by atoms with van der Waals surface area (Å²) in [4.78, 5) is 26.6. The minimum absolute atomic E-state index is 0.0514. The summed E-state index contributed by atoms with van der Waals surface area (Å²) in [5.41, 5.74) is 1.49. The molecule has 1 fully saturated rings. The summed E-state index contributed by atoms with van der Waals surface area (Å²) >= 11 is 0. The van der Waals surface area contributed by atoms with Gasteiger partial charge in [-0.05, 0) is 13.0 Å². The maximum absolute atomic E-state index is 13.1. The Kier molecular flexibility index (Phi) is 4.90. The van der Waals surface area contributed by atoms with Crippen molar-refractivity contribution in [2.24, 2.45) is 0 Å². The zero-order valence-corrected chi connectivity index (χ0v) is 15.4. The lowest BCUT2D eigenvalue weighted by atomic mass is 9.93. The second kappa shape index (κ2) is 6.99. The molecular formula is C17H21N3O5S. The van der Waals surface area contributed by atoms with Crippen LogP contribution in [0.25, 0.3) is 0 Å². The molecule has 2 aliphatic rings. The summed E-state index contributed by atoms with van der Waals surface area (Å²) in [5, 5.41) is 5.40. The van der Waals surface area contributed by atoms with Crippen molar-refractivity contribution in [3.8, 4) is 5.75 Å². The van der Waals surface area contributed by atoms with Crippen LogP contribution in [-0.4, -0.2) is 57.0 Å². The van der Waals surface area contributed by atoms with Crippen molar-refractivity contribution < 1.29 is 22.7 Å². The monoisotopic (exact) mass is 379 g/mol. The van der Waals surface area contributed by atoms with Gasteiger partial charge in [0.15, 0.2) is 9.84 Å². The van der Waals surface area contributed by atoms with Gasteiger partial charge >= 0.3 is 6.03 Å². The molecule has 2 heterocycles. The first-order chi connectivity index (χ1) is 12.3. The van der Waals surface area contributed by atoms with E-state index in [1.165, 1.54) is 12.0 Å². The van der Waals surface area contributed by atoms with Gasteiger partial charge < -0.3 is 20.3 Å². The molecule has 1 atom stereocenters. The number of nitrogens with one attached hydrogen (secondary N) is 2. The summed E-state index contributed by atoms with van der Waals surface area (Å²) in [6.07, 6.45) is 0. The van der Waals surface area contributed by atoms with Crippen molar-refractivity contribution in [1.82, 2.24) is 15.5 Å². The molecule has 9 heteroatoms. The van der Waals surface area contributed by atoms with Gasteiger partial charge in [-0.1, -0.05) is 18.2 Å². The Hall–Kier alpha value is -2.55. The minimum atomic E-state index is -3.09. The maximum Gasteiger partial charge on any atom is 0.319 e. The fourth-order valence-electron chi connectivity index (χ4n) is 3.20. The van der Waals surface area contributed by atoms with E-state index in [1.54, 1.807) is 31.2 Å². The standard InChI is InChI=1S/C17H21N3O5S/c1-11-14(16(21)20-7-9-26(23,24)10-8-20)15(19-17(22)18-11)12-5-3-4-6-13(12)25-2/h3-6,15H,7-10H2,1-2H3,(H2,18,19,22)/t15-/m0/s1. The van der Waals surface area contributed by atoms with Gasteiger partial charge in [-0.25, -0.2) is 13.2 Å². The van der Waals surface area contributed by atoms with E-state index in [0.29, 0.717) is 22.6 Å². The molecule has 1 aromatic rings. The maximum atomic E-state index is 13.1. The van der Waals surface area contributed by atoms with Gasteiger partial charge in [-0.3, -0.25) is 4.79 Å². The SMILES string of the molecule is COc1ccccc1[C@@H]1NC(=O)NC(C)=C1C(=O)N1CCS(=O)(=O)CC1. The molecule has 140 valence electrons. The number of sulfone groups is 1. The summed E-state index contributed by atoms with van der Waals surface area (Å²) in [6.45, 7) is 1.95. The van der Waals surface area contributed by atoms with Crippen LogP contribution in [-0.2, 0) is 14.6 Å². The van der Waals surface area contributed by atoms with E-state index in [0.717, 1.165) is 0 Å². The molecule has 26 heavy (non-hydrogen) atoms. The van der Waals surface area contributed by atoms with Crippen molar-refractivity contribution in [2.75, 3.05) is 31.7 Å². The van der Waals surface area contributed by atoms with Crippen LogP contribution in [0.3, 0.4) is 0 Å². The van der Waals surface area contributed by atoms with Crippen LogP contribution in [0.2, 0.25) is 0 Å².